The lowest BCUT2D eigenvalue weighted by molar-refractivity contribution is 0.583. The molecule has 2 aromatic rings. The van der Waals surface area contributed by atoms with Crippen LogP contribution in [0.2, 0.25) is 0 Å². The first kappa shape index (κ1) is 15.4. The average Bonchev–Trinajstić information content (AvgIpc) is 2.47. The molecule has 0 amide bonds. The SMILES string of the molecule is CCNC(C)c1ccc(N(C)c2ccc(F)cc2)c(F)c1. The Morgan fingerprint density at radius 2 is 1.76 bits per heavy atom. The molecule has 0 heterocycles. The van der Waals surface area contributed by atoms with E-state index >= 15 is 0 Å². The van der Waals surface area contributed by atoms with Crippen LogP contribution in [0.1, 0.15) is 25.5 Å². The molecule has 0 saturated carbocycles. The Bertz CT molecular complexity index is 596. The van der Waals surface area contributed by atoms with Gasteiger partial charge in [-0.25, -0.2) is 8.78 Å². The van der Waals surface area contributed by atoms with Gasteiger partial charge in [0.25, 0.3) is 0 Å². The summed E-state index contributed by atoms with van der Waals surface area (Å²) >= 11 is 0. The summed E-state index contributed by atoms with van der Waals surface area (Å²) in [6, 6.07) is 11.3. The number of hydrogen-bond donors (Lipinski definition) is 1. The minimum Gasteiger partial charge on any atom is -0.342 e. The van der Waals surface area contributed by atoms with Gasteiger partial charge < -0.3 is 10.2 Å². The summed E-state index contributed by atoms with van der Waals surface area (Å²) in [5.74, 6) is -0.591. The zero-order chi connectivity index (χ0) is 15.4. The third-order valence-electron chi connectivity index (χ3n) is 3.56. The summed E-state index contributed by atoms with van der Waals surface area (Å²) in [5.41, 5.74) is 2.11. The molecule has 0 fully saturated rings. The first-order chi connectivity index (χ1) is 10.0. The van der Waals surface area contributed by atoms with Gasteiger partial charge in [-0.2, -0.15) is 0 Å². The summed E-state index contributed by atoms with van der Waals surface area (Å²) in [6.07, 6.45) is 0. The third kappa shape index (κ3) is 3.58. The maximum Gasteiger partial charge on any atom is 0.147 e. The first-order valence-corrected chi connectivity index (χ1v) is 7.05. The second kappa shape index (κ2) is 6.68. The topological polar surface area (TPSA) is 15.3 Å². The Balaban J connectivity index is 2.26. The Hall–Kier alpha value is -1.94. The first-order valence-electron chi connectivity index (χ1n) is 7.05. The molecule has 2 rings (SSSR count). The van der Waals surface area contributed by atoms with Crippen LogP contribution in [0, 0.1) is 11.6 Å². The molecule has 0 aliphatic rings. The zero-order valence-corrected chi connectivity index (χ0v) is 12.5. The van der Waals surface area contributed by atoms with Crippen LogP contribution in [0.4, 0.5) is 20.2 Å². The molecule has 0 aromatic heterocycles. The van der Waals surface area contributed by atoms with Gasteiger partial charge in [0.05, 0.1) is 5.69 Å². The van der Waals surface area contributed by atoms with Crippen molar-refractivity contribution in [3.63, 3.8) is 0 Å². The molecule has 0 radical (unpaired) electrons. The van der Waals surface area contributed by atoms with Crippen molar-refractivity contribution in [1.82, 2.24) is 5.32 Å². The molecule has 1 unspecified atom stereocenters. The van der Waals surface area contributed by atoms with Crippen LogP contribution < -0.4 is 10.2 Å². The molecule has 0 spiro atoms. The standard InChI is InChI=1S/C17H20F2N2/c1-4-20-12(2)13-5-10-17(16(19)11-13)21(3)15-8-6-14(18)7-9-15/h5-12,20H,4H2,1-3H3. The van der Waals surface area contributed by atoms with Crippen molar-refractivity contribution in [3.8, 4) is 0 Å². The summed E-state index contributed by atoms with van der Waals surface area (Å²) in [4.78, 5) is 1.70. The Morgan fingerprint density at radius 1 is 1.10 bits per heavy atom. The molecule has 0 aliphatic heterocycles. The van der Waals surface area contributed by atoms with Gasteiger partial charge in [0.15, 0.2) is 0 Å². The summed E-state index contributed by atoms with van der Waals surface area (Å²) in [6.45, 7) is 4.85. The van der Waals surface area contributed by atoms with E-state index in [-0.39, 0.29) is 17.7 Å². The molecule has 2 nitrogen and oxygen atoms in total. The van der Waals surface area contributed by atoms with Gasteiger partial charge in [-0.15, -0.1) is 0 Å². The van der Waals surface area contributed by atoms with Gasteiger partial charge in [-0.05, 0) is 55.4 Å². The van der Waals surface area contributed by atoms with Crippen molar-refractivity contribution < 1.29 is 8.78 Å². The fraction of sp³-hybridized carbons (Fsp3) is 0.294. The van der Waals surface area contributed by atoms with Crippen LogP contribution >= 0.6 is 0 Å². The predicted octanol–water partition coefficient (Wildman–Crippen LogP) is 4.40. The minimum atomic E-state index is -0.303. The van der Waals surface area contributed by atoms with Crippen molar-refractivity contribution in [2.24, 2.45) is 0 Å². The number of nitrogens with one attached hydrogen (secondary N) is 1. The quantitative estimate of drug-likeness (QED) is 0.878. The molecule has 4 heteroatoms. The van der Waals surface area contributed by atoms with E-state index in [9.17, 15) is 8.78 Å². The number of nitrogens with zero attached hydrogens (tertiary/aromatic N) is 1. The van der Waals surface area contributed by atoms with E-state index in [2.05, 4.69) is 5.32 Å². The molecular weight excluding hydrogens is 270 g/mol. The second-order valence-corrected chi connectivity index (χ2v) is 5.03. The Labute approximate surface area is 124 Å². The smallest absolute Gasteiger partial charge is 0.147 e. The van der Waals surface area contributed by atoms with Crippen molar-refractivity contribution in [3.05, 3.63) is 59.7 Å². The number of rotatable bonds is 5. The molecule has 2 aromatic carbocycles. The highest BCUT2D eigenvalue weighted by atomic mass is 19.1. The lowest BCUT2D eigenvalue weighted by Gasteiger charge is -2.21. The normalized spacial score (nSPS) is 12.2. The van der Waals surface area contributed by atoms with Crippen LogP contribution in [0.25, 0.3) is 0 Å². The van der Waals surface area contributed by atoms with E-state index in [1.165, 1.54) is 12.1 Å². The zero-order valence-electron chi connectivity index (χ0n) is 12.5. The van der Waals surface area contributed by atoms with E-state index in [1.807, 2.05) is 19.9 Å². The highest BCUT2D eigenvalue weighted by Crippen LogP contribution is 2.28. The van der Waals surface area contributed by atoms with E-state index in [0.29, 0.717) is 5.69 Å². The molecule has 1 atom stereocenters. The van der Waals surface area contributed by atoms with E-state index in [1.54, 1.807) is 36.2 Å². The number of hydrogen-bond acceptors (Lipinski definition) is 2. The summed E-state index contributed by atoms with van der Waals surface area (Å²) in [5, 5.41) is 3.25. The second-order valence-electron chi connectivity index (χ2n) is 5.03. The number of halogens is 2. The van der Waals surface area contributed by atoms with Gasteiger partial charge in [-0.3, -0.25) is 0 Å². The highest BCUT2D eigenvalue weighted by molar-refractivity contribution is 5.63. The van der Waals surface area contributed by atoms with E-state index in [0.717, 1.165) is 17.8 Å². The monoisotopic (exact) mass is 290 g/mol. The molecular formula is C17H20F2N2. The third-order valence-corrected chi connectivity index (χ3v) is 3.56. The van der Waals surface area contributed by atoms with Gasteiger partial charge in [0, 0.05) is 18.8 Å². The largest absolute Gasteiger partial charge is 0.342 e. The Morgan fingerprint density at radius 3 is 2.33 bits per heavy atom. The van der Waals surface area contributed by atoms with Crippen LogP contribution in [0.3, 0.4) is 0 Å². The summed E-state index contributed by atoms with van der Waals surface area (Å²) in [7, 11) is 1.76. The van der Waals surface area contributed by atoms with Crippen molar-refractivity contribution in [2.45, 2.75) is 19.9 Å². The van der Waals surface area contributed by atoms with Gasteiger partial charge in [0.2, 0.25) is 0 Å². The van der Waals surface area contributed by atoms with Gasteiger partial charge in [-0.1, -0.05) is 13.0 Å². The fourth-order valence-corrected chi connectivity index (χ4v) is 2.29. The van der Waals surface area contributed by atoms with Crippen molar-refractivity contribution in [1.29, 1.82) is 0 Å². The average molecular weight is 290 g/mol. The maximum atomic E-state index is 14.3. The number of anilines is 2. The fourth-order valence-electron chi connectivity index (χ4n) is 2.29. The molecule has 112 valence electrons. The van der Waals surface area contributed by atoms with E-state index < -0.39 is 0 Å². The predicted molar refractivity (Wildman–Crippen MR) is 83.0 cm³/mol. The molecule has 0 bridgehead atoms. The molecule has 0 saturated heterocycles. The minimum absolute atomic E-state index is 0.106. The molecule has 1 N–H and O–H groups in total. The van der Waals surface area contributed by atoms with Gasteiger partial charge >= 0.3 is 0 Å². The van der Waals surface area contributed by atoms with Crippen molar-refractivity contribution in [2.75, 3.05) is 18.5 Å². The van der Waals surface area contributed by atoms with Crippen LogP contribution in [0.15, 0.2) is 42.5 Å². The number of benzene rings is 2. The van der Waals surface area contributed by atoms with Crippen LogP contribution in [-0.4, -0.2) is 13.6 Å². The Kier molecular flexibility index (Phi) is 4.91. The van der Waals surface area contributed by atoms with Crippen LogP contribution in [0.5, 0.6) is 0 Å². The lowest BCUT2D eigenvalue weighted by Crippen LogP contribution is -2.18. The van der Waals surface area contributed by atoms with Gasteiger partial charge in [0.1, 0.15) is 11.6 Å². The van der Waals surface area contributed by atoms with Crippen LogP contribution in [-0.2, 0) is 0 Å². The molecule has 0 aliphatic carbocycles. The summed E-state index contributed by atoms with van der Waals surface area (Å²) < 4.78 is 27.3. The lowest BCUT2D eigenvalue weighted by atomic mass is 10.1. The highest BCUT2D eigenvalue weighted by Gasteiger charge is 2.12. The maximum absolute atomic E-state index is 14.3. The molecule has 21 heavy (non-hydrogen) atoms. The van der Waals surface area contributed by atoms with E-state index in [4.69, 9.17) is 0 Å². The van der Waals surface area contributed by atoms with Crippen molar-refractivity contribution >= 4 is 11.4 Å².